The fraction of sp³-hybridized carbons (Fsp3) is 0.667. The zero-order valence-corrected chi connectivity index (χ0v) is 13.4. The van der Waals surface area contributed by atoms with E-state index in [4.69, 9.17) is 0 Å². The van der Waals surface area contributed by atoms with Gasteiger partial charge in [-0.3, -0.25) is 0 Å². The number of anilines is 1. The van der Waals surface area contributed by atoms with Crippen molar-refractivity contribution in [1.29, 1.82) is 0 Å². The zero-order chi connectivity index (χ0) is 14.3. The van der Waals surface area contributed by atoms with Crippen molar-refractivity contribution in [3.8, 4) is 0 Å². The molecular formula is C18H28N2. The maximum atomic E-state index is 3.85. The molecule has 20 heavy (non-hydrogen) atoms. The van der Waals surface area contributed by atoms with Crippen LogP contribution in [0.25, 0.3) is 0 Å². The number of aryl methyl sites for hydroxylation is 2. The van der Waals surface area contributed by atoms with Gasteiger partial charge in [-0.1, -0.05) is 13.0 Å². The largest absolute Gasteiger partial charge is 0.365 e. The van der Waals surface area contributed by atoms with Crippen LogP contribution in [0.1, 0.15) is 44.2 Å². The van der Waals surface area contributed by atoms with E-state index in [9.17, 15) is 0 Å². The summed E-state index contributed by atoms with van der Waals surface area (Å²) in [7, 11) is 0. The topological polar surface area (TPSA) is 15.3 Å². The molecule has 2 nitrogen and oxygen atoms in total. The molecule has 1 saturated carbocycles. The summed E-state index contributed by atoms with van der Waals surface area (Å²) in [6.07, 6.45) is 4.02. The van der Waals surface area contributed by atoms with E-state index in [1.54, 1.807) is 0 Å². The molecule has 1 saturated heterocycles. The number of nitrogens with one attached hydrogen (secondary N) is 1. The summed E-state index contributed by atoms with van der Waals surface area (Å²) in [5.74, 6) is 0.883. The van der Waals surface area contributed by atoms with Gasteiger partial charge in [0.05, 0.1) is 0 Å². The van der Waals surface area contributed by atoms with Crippen molar-refractivity contribution >= 4 is 5.69 Å². The lowest BCUT2D eigenvalue weighted by molar-refractivity contribution is 0.252. The smallest absolute Gasteiger partial charge is 0.0412 e. The molecule has 110 valence electrons. The van der Waals surface area contributed by atoms with E-state index in [-0.39, 0.29) is 0 Å². The number of rotatable bonds is 3. The summed E-state index contributed by atoms with van der Waals surface area (Å²) in [6, 6.07) is 7.61. The molecule has 0 spiro atoms. The van der Waals surface area contributed by atoms with E-state index in [1.807, 2.05) is 0 Å². The average molecular weight is 272 g/mol. The van der Waals surface area contributed by atoms with Crippen LogP contribution in [0.4, 0.5) is 5.69 Å². The first-order chi connectivity index (χ1) is 9.51. The zero-order valence-electron chi connectivity index (χ0n) is 13.4. The molecule has 1 aliphatic carbocycles. The van der Waals surface area contributed by atoms with E-state index in [0.29, 0.717) is 11.6 Å². The Balaban J connectivity index is 1.90. The quantitative estimate of drug-likeness (QED) is 0.903. The Hall–Kier alpha value is -1.02. The van der Waals surface area contributed by atoms with Gasteiger partial charge in [0.25, 0.3) is 0 Å². The maximum Gasteiger partial charge on any atom is 0.0412 e. The van der Waals surface area contributed by atoms with Crippen molar-refractivity contribution in [2.75, 3.05) is 18.0 Å². The summed E-state index contributed by atoms with van der Waals surface area (Å²) in [5, 5.41) is 3.85. The molecule has 0 amide bonds. The molecule has 0 radical (unpaired) electrons. The van der Waals surface area contributed by atoms with E-state index >= 15 is 0 Å². The molecule has 0 aromatic heterocycles. The van der Waals surface area contributed by atoms with Gasteiger partial charge in [-0.25, -0.2) is 0 Å². The molecule has 0 bridgehead atoms. The highest BCUT2D eigenvalue weighted by Gasteiger charge is 2.45. The second kappa shape index (κ2) is 5.07. The van der Waals surface area contributed by atoms with E-state index in [2.05, 4.69) is 56.1 Å². The van der Waals surface area contributed by atoms with E-state index in [0.717, 1.165) is 19.0 Å². The Kier molecular flexibility index (Phi) is 3.53. The lowest BCUT2D eigenvalue weighted by Gasteiger charge is -2.48. The Labute approximate surface area is 123 Å². The summed E-state index contributed by atoms with van der Waals surface area (Å²) in [6.45, 7) is 11.4. The first kappa shape index (κ1) is 13.9. The standard InChI is InChI=1S/C18H28N2/c1-5-16-11-19-18(4,15-6-7-15)12-20(16)17-9-13(2)8-14(3)10-17/h8-10,15-16,19H,5-7,11-12H2,1-4H3. The van der Waals surface area contributed by atoms with Crippen molar-refractivity contribution < 1.29 is 0 Å². The minimum Gasteiger partial charge on any atom is -0.365 e. The van der Waals surface area contributed by atoms with Gasteiger partial charge in [0, 0.05) is 30.4 Å². The lowest BCUT2D eigenvalue weighted by Crippen LogP contribution is -2.64. The van der Waals surface area contributed by atoms with Crippen LogP contribution < -0.4 is 10.2 Å². The van der Waals surface area contributed by atoms with Crippen LogP contribution in [0.5, 0.6) is 0 Å². The van der Waals surface area contributed by atoms with Crippen LogP contribution in [-0.4, -0.2) is 24.7 Å². The maximum absolute atomic E-state index is 3.85. The monoisotopic (exact) mass is 272 g/mol. The number of benzene rings is 1. The molecule has 1 aromatic carbocycles. The van der Waals surface area contributed by atoms with Gasteiger partial charge in [0.2, 0.25) is 0 Å². The Morgan fingerprint density at radius 3 is 2.40 bits per heavy atom. The SMILES string of the molecule is CCC1CNC(C)(C2CC2)CN1c1cc(C)cc(C)c1. The summed E-state index contributed by atoms with van der Waals surface area (Å²) >= 11 is 0. The average Bonchev–Trinajstić information content (AvgIpc) is 3.22. The summed E-state index contributed by atoms with van der Waals surface area (Å²) in [4.78, 5) is 2.66. The minimum absolute atomic E-state index is 0.309. The van der Waals surface area contributed by atoms with E-state index in [1.165, 1.54) is 36.1 Å². The molecule has 2 unspecified atom stereocenters. The van der Waals surface area contributed by atoms with Crippen molar-refractivity contribution in [3.05, 3.63) is 29.3 Å². The minimum atomic E-state index is 0.309. The van der Waals surface area contributed by atoms with Crippen molar-refractivity contribution in [1.82, 2.24) is 5.32 Å². The first-order valence-corrected chi connectivity index (χ1v) is 8.12. The third-order valence-corrected chi connectivity index (χ3v) is 5.17. The van der Waals surface area contributed by atoms with Crippen LogP contribution in [0.2, 0.25) is 0 Å². The summed E-state index contributed by atoms with van der Waals surface area (Å²) < 4.78 is 0. The van der Waals surface area contributed by atoms with E-state index < -0.39 is 0 Å². The second-order valence-corrected chi connectivity index (χ2v) is 7.11. The predicted molar refractivity (Wildman–Crippen MR) is 86.5 cm³/mol. The van der Waals surface area contributed by atoms with Gasteiger partial charge in [-0.15, -0.1) is 0 Å². The summed E-state index contributed by atoms with van der Waals surface area (Å²) in [5.41, 5.74) is 4.48. The van der Waals surface area contributed by atoms with Crippen LogP contribution in [0.3, 0.4) is 0 Å². The highest BCUT2D eigenvalue weighted by Crippen LogP contribution is 2.42. The van der Waals surface area contributed by atoms with Gasteiger partial charge in [-0.2, -0.15) is 0 Å². The van der Waals surface area contributed by atoms with Crippen LogP contribution in [-0.2, 0) is 0 Å². The van der Waals surface area contributed by atoms with Gasteiger partial charge in [0.15, 0.2) is 0 Å². The molecule has 1 aliphatic heterocycles. The predicted octanol–water partition coefficient (Wildman–Crippen LogP) is 3.66. The van der Waals surface area contributed by atoms with Gasteiger partial charge >= 0.3 is 0 Å². The fourth-order valence-electron chi connectivity index (χ4n) is 3.78. The number of hydrogen-bond acceptors (Lipinski definition) is 2. The van der Waals surface area contributed by atoms with Crippen molar-refractivity contribution in [2.24, 2.45) is 5.92 Å². The number of nitrogens with zero attached hydrogens (tertiary/aromatic N) is 1. The molecule has 1 heterocycles. The van der Waals surface area contributed by atoms with Crippen molar-refractivity contribution in [2.45, 2.75) is 58.5 Å². The highest BCUT2D eigenvalue weighted by molar-refractivity contribution is 5.53. The molecule has 2 aliphatic rings. The van der Waals surface area contributed by atoms with Gasteiger partial charge in [0.1, 0.15) is 0 Å². The fourth-order valence-corrected chi connectivity index (χ4v) is 3.78. The van der Waals surface area contributed by atoms with Crippen LogP contribution in [0, 0.1) is 19.8 Å². The lowest BCUT2D eigenvalue weighted by atomic mass is 9.89. The number of hydrogen-bond donors (Lipinski definition) is 1. The second-order valence-electron chi connectivity index (χ2n) is 7.11. The Morgan fingerprint density at radius 1 is 1.20 bits per heavy atom. The molecule has 2 heteroatoms. The Bertz CT molecular complexity index is 472. The number of piperazine rings is 1. The molecular weight excluding hydrogens is 244 g/mol. The molecule has 2 fully saturated rings. The molecule has 3 rings (SSSR count). The third kappa shape index (κ3) is 2.58. The molecule has 1 aromatic rings. The normalized spacial score (nSPS) is 30.6. The molecule has 1 N–H and O–H groups in total. The van der Waals surface area contributed by atoms with Crippen molar-refractivity contribution in [3.63, 3.8) is 0 Å². The van der Waals surface area contributed by atoms with Crippen LogP contribution >= 0.6 is 0 Å². The van der Waals surface area contributed by atoms with Crippen LogP contribution in [0.15, 0.2) is 18.2 Å². The highest BCUT2D eigenvalue weighted by atomic mass is 15.3. The Morgan fingerprint density at radius 2 is 1.85 bits per heavy atom. The van der Waals surface area contributed by atoms with Gasteiger partial charge in [-0.05, 0) is 69.2 Å². The third-order valence-electron chi connectivity index (χ3n) is 5.17. The molecule has 2 atom stereocenters. The first-order valence-electron chi connectivity index (χ1n) is 8.12. The van der Waals surface area contributed by atoms with Gasteiger partial charge < -0.3 is 10.2 Å².